The van der Waals surface area contributed by atoms with E-state index in [9.17, 15) is 0 Å². The Morgan fingerprint density at radius 3 is 2.80 bits per heavy atom. The van der Waals surface area contributed by atoms with Crippen molar-refractivity contribution in [1.29, 1.82) is 0 Å². The first kappa shape index (κ1) is 22.0. The van der Waals surface area contributed by atoms with Crippen molar-refractivity contribution in [3.63, 3.8) is 0 Å². The topological polar surface area (TPSA) is 66.4 Å². The minimum atomic E-state index is 0.638. The van der Waals surface area contributed by atoms with Crippen LogP contribution >= 0.6 is 0 Å². The summed E-state index contributed by atoms with van der Waals surface area (Å²) in [5.41, 5.74) is 6.97. The SMILES string of the molecule is CN1CCN(c2cc(Nc3ncc4c(n3)CCCC=C4c3ccc4c(c3)CCCO4)ccn2)CC1. The number of pyridine rings is 1. The molecule has 1 N–H and O–H groups in total. The molecule has 0 radical (unpaired) electrons. The van der Waals surface area contributed by atoms with Crippen LogP contribution in [0.1, 0.15) is 41.6 Å². The van der Waals surface area contributed by atoms with Crippen LogP contribution in [0.5, 0.6) is 5.75 Å². The fourth-order valence-electron chi connectivity index (χ4n) is 5.15. The zero-order chi connectivity index (χ0) is 23.6. The highest BCUT2D eigenvalue weighted by Gasteiger charge is 2.19. The summed E-state index contributed by atoms with van der Waals surface area (Å²) < 4.78 is 5.82. The van der Waals surface area contributed by atoms with Crippen LogP contribution in [-0.4, -0.2) is 59.7 Å². The van der Waals surface area contributed by atoms with Gasteiger partial charge in [0.05, 0.1) is 12.3 Å². The molecule has 1 saturated heterocycles. The van der Waals surface area contributed by atoms with Crippen molar-refractivity contribution in [2.45, 2.75) is 32.1 Å². The van der Waals surface area contributed by atoms with Crippen molar-refractivity contribution in [1.82, 2.24) is 19.9 Å². The van der Waals surface area contributed by atoms with E-state index in [1.165, 1.54) is 16.7 Å². The summed E-state index contributed by atoms with van der Waals surface area (Å²) in [6.45, 7) is 4.91. The molecule has 3 aromatic rings. The van der Waals surface area contributed by atoms with Crippen LogP contribution < -0.4 is 15.0 Å². The summed E-state index contributed by atoms with van der Waals surface area (Å²) in [4.78, 5) is 19.0. The Kier molecular flexibility index (Phi) is 6.08. The van der Waals surface area contributed by atoms with Crippen molar-refractivity contribution in [3.8, 4) is 5.75 Å². The van der Waals surface area contributed by atoms with Gasteiger partial charge in [0.2, 0.25) is 5.95 Å². The molecule has 0 unspecified atom stereocenters. The smallest absolute Gasteiger partial charge is 0.227 e. The number of hydrogen-bond acceptors (Lipinski definition) is 7. The normalized spacial score (nSPS) is 18.1. The van der Waals surface area contributed by atoms with Gasteiger partial charge in [0.1, 0.15) is 11.6 Å². The Balaban J connectivity index is 1.24. The lowest BCUT2D eigenvalue weighted by molar-refractivity contribution is 0.288. The third-order valence-corrected chi connectivity index (χ3v) is 7.17. The molecule has 1 aliphatic carbocycles. The van der Waals surface area contributed by atoms with Crippen LogP contribution in [0.2, 0.25) is 0 Å². The maximum absolute atomic E-state index is 5.82. The third kappa shape index (κ3) is 4.73. The average Bonchev–Trinajstić information content (AvgIpc) is 3.11. The Labute approximate surface area is 206 Å². The molecule has 2 aliphatic heterocycles. The third-order valence-electron chi connectivity index (χ3n) is 7.17. The summed E-state index contributed by atoms with van der Waals surface area (Å²) >= 11 is 0. The van der Waals surface area contributed by atoms with Gasteiger partial charge in [-0.2, -0.15) is 0 Å². The highest BCUT2D eigenvalue weighted by Crippen LogP contribution is 2.34. The highest BCUT2D eigenvalue weighted by molar-refractivity contribution is 5.82. The second-order valence-corrected chi connectivity index (χ2v) is 9.66. The molecule has 1 fully saturated rings. The molecule has 0 amide bonds. The maximum atomic E-state index is 5.82. The van der Waals surface area contributed by atoms with Gasteiger partial charge in [0, 0.05) is 55.9 Å². The predicted molar refractivity (Wildman–Crippen MR) is 140 cm³/mol. The van der Waals surface area contributed by atoms with Crippen molar-refractivity contribution in [3.05, 3.63) is 71.2 Å². The van der Waals surface area contributed by atoms with Crippen LogP contribution in [-0.2, 0) is 12.8 Å². The molecule has 0 atom stereocenters. The molecule has 4 heterocycles. The zero-order valence-electron chi connectivity index (χ0n) is 20.3. The van der Waals surface area contributed by atoms with E-state index < -0.39 is 0 Å². The second-order valence-electron chi connectivity index (χ2n) is 9.66. The standard InChI is InChI=1S/C28H32N6O/c1-33-12-14-34(15-13-33)27-18-22(10-11-29-27)31-28-30-19-24-23(6-2-3-7-25(24)32-28)20-8-9-26-21(17-20)5-4-16-35-26/h6,8-11,17-19H,2-5,7,12-16H2,1H3,(H,29,30,31,32). The monoisotopic (exact) mass is 468 g/mol. The lowest BCUT2D eigenvalue weighted by Gasteiger charge is -2.33. The number of anilines is 3. The van der Waals surface area contributed by atoms with Gasteiger partial charge in [0.25, 0.3) is 0 Å². The first-order valence-corrected chi connectivity index (χ1v) is 12.7. The molecular formula is C28H32N6O. The lowest BCUT2D eigenvalue weighted by atomic mass is 9.94. The number of aromatic nitrogens is 3. The van der Waals surface area contributed by atoms with Crippen molar-refractivity contribution in [2.24, 2.45) is 0 Å². The largest absolute Gasteiger partial charge is 0.493 e. The Morgan fingerprint density at radius 1 is 0.971 bits per heavy atom. The second kappa shape index (κ2) is 9.66. The van der Waals surface area contributed by atoms with Crippen LogP contribution in [0, 0.1) is 0 Å². The summed E-state index contributed by atoms with van der Waals surface area (Å²) in [7, 11) is 2.17. The Morgan fingerprint density at radius 2 is 1.89 bits per heavy atom. The van der Waals surface area contributed by atoms with E-state index in [0.29, 0.717) is 5.95 Å². The van der Waals surface area contributed by atoms with Gasteiger partial charge >= 0.3 is 0 Å². The number of ether oxygens (including phenoxy) is 1. The quantitative estimate of drug-likeness (QED) is 0.606. The van der Waals surface area contributed by atoms with Crippen LogP contribution in [0.25, 0.3) is 5.57 Å². The van der Waals surface area contributed by atoms with Crippen molar-refractivity contribution < 1.29 is 4.74 Å². The van der Waals surface area contributed by atoms with E-state index in [1.807, 2.05) is 18.5 Å². The van der Waals surface area contributed by atoms with Gasteiger partial charge in [-0.05, 0) is 74.1 Å². The van der Waals surface area contributed by atoms with E-state index >= 15 is 0 Å². The van der Waals surface area contributed by atoms with Crippen LogP contribution in [0.15, 0.2) is 48.8 Å². The molecule has 1 aromatic carbocycles. The fourth-order valence-corrected chi connectivity index (χ4v) is 5.15. The molecule has 180 valence electrons. The van der Waals surface area contributed by atoms with Gasteiger partial charge in [-0.3, -0.25) is 0 Å². The molecule has 7 heteroatoms. The number of nitrogens with zero attached hydrogens (tertiary/aromatic N) is 5. The van der Waals surface area contributed by atoms with E-state index in [2.05, 4.69) is 57.5 Å². The molecular weight excluding hydrogens is 436 g/mol. The highest BCUT2D eigenvalue weighted by atomic mass is 16.5. The minimum Gasteiger partial charge on any atom is -0.493 e. The number of aryl methyl sites for hydroxylation is 2. The molecule has 7 nitrogen and oxygen atoms in total. The number of hydrogen-bond donors (Lipinski definition) is 1. The van der Waals surface area contributed by atoms with Crippen LogP contribution in [0.3, 0.4) is 0 Å². The average molecular weight is 469 g/mol. The number of allylic oxidation sites excluding steroid dienone is 1. The summed E-state index contributed by atoms with van der Waals surface area (Å²) in [6, 6.07) is 10.7. The first-order valence-electron chi connectivity index (χ1n) is 12.7. The lowest BCUT2D eigenvalue weighted by Crippen LogP contribution is -2.44. The van der Waals surface area contributed by atoms with Crippen molar-refractivity contribution in [2.75, 3.05) is 50.1 Å². The summed E-state index contributed by atoms with van der Waals surface area (Å²) in [6.07, 6.45) is 11.4. The summed E-state index contributed by atoms with van der Waals surface area (Å²) in [5.74, 6) is 2.66. The number of benzene rings is 1. The molecule has 35 heavy (non-hydrogen) atoms. The predicted octanol–water partition coefficient (Wildman–Crippen LogP) is 4.46. The molecule has 0 spiro atoms. The number of nitrogens with one attached hydrogen (secondary N) is 1. The Bertz CT molecular complexity index is 1250. The van der Waals surface area contributed by atoms with E-state index in [-0.39, 0.29) is 0 Å². The van der Waals surface area contributed by atoms with Gasteiger partial charge in [0.15, 0.2) is 0 Å². The number of likely N-dealkylation sites (N-methyl/N-ethyl adjacent to an activating group) is 1. The van der Waals surface area contributed by atoms with Gasteiger partial charge in [-0.15, -0.1) is 0 Å². The van der Waals surface area contributed by atoms with Gasteiger partial charge < -0.3 is 19.9 Å². The molecule has 0 bridgehead atoms. The minimum absolute atomic E-state index is 0.638. The summed E-state index contributed by atoms with van der Waals surface area (Å²) in [5, 5.41) is 3.42. The van der Waals surface area contributed by atoms with E-state index in [1.54, 1.807) is 0 Å². The van der Waals surface area contributed by atoms with E-state index in [0.717, 1.165) is 93.4 Å². The van der Waals surface area contributed by atoms with E-state index in [4.69, 9.17) is 14.7 Å². The van der Waals surface area contributed by atoms with Gasteiger partial charge in [-0.25, -0.2) is 15.0 Å². The molecule has 6 rings (SSSR count). The maximum Gasteiger partial charge on any atom is 0.227 e. The number of rotatable bonds is 4. The Hall–Kier alpha value is -3.45. The zero-order valence-corrected chi connectivity index (χ0v) is 20.3. The van der Waals surface area contributed by atoms with Crippen molar-refractivity contribution >= 4 is 23.0 Å². The fraction of sp³-hybridized carbons (Fsp3) is 0.393. The van der Waals surface area contributed by atoms with Gasteiger partial charge in [-0.1, -0.05) is 12.1 Å². The molecule has 3 aliphatic rings. The molecule has 2 aromatic heterocycles. The number of piperazine rings is 1. The first-order chi connectivity index (χ1) is 17.2. The van der Waals surface area contributed by atoms with Crippen LogP contribution in [0.4, 0.5) is 17.5 Å². The number of fused-ring (bicyclic) bond motifs is 2. The molecule has 0 saturated carbocycles.